The molecule has 2 atom stereocenters. The van der Waals surface area contributed by atoms with E-state index in [0.717, 1.165) is 6.42 Å². The van der Waals surface area contributed by atoms with Crippen LogP contribution >= 0.6 is 0 Å². The first-order valence-electron chi connectivity index (χ1n) is 10.5. The zero-order valence-corrected chi connectivity index (χ0v) is 17.7. The van der Waals surface area contributed by atoms with Crippen molar-refractivity contribution in [2.24, 2.45) is 11.3 Å². The van der Waals surface area contributed by atoms with Crippen molar-refractivity contribution in [1.29, 1.82) is 0 Å². The number of allylic oxidation sites excluding steroid dienone is 1. The molecule has 0 saturated heterocycles. The Morgan fingerprint density at radius 1 is 1.00 bits per heavy atom. The average Bonchev–Trinajstić information content (AvgIpc) is 2.44. The van der Waals surface area contributed by atoms with Crippen LogP contribution in [0.25, 0.3) is 0 Å². The summed E-state index contributed by atoms with van der Waals surface area (Å²) in [4.78, 5) is 0. The van der Waals surface area contributed by atoms with E-state index in [1.807, 2.05) is 0 Å². The van der Waals surface area contributed by atoms with Gasteiger partial charge in [-0.05, 0) is 57.8 Å². The van der Waals surface area contributed by atoms with Gasteiger partial charge >= 0.3 is 0 Å². The van der Waals surface area contributed by atoms with E-state index in [4.69, 9.17) is 4.74 Å². The summed E-state index contributed by atoms with van der Waals surface area (Å²) in [6.45, 7) is 16.4. The lowest BCUT2D eigenvalue weighted by molar-refractivity contribution is -0.161. The maximum absolute atomic E-state index is 6.76. The first-order valence-corrected chi connectivity index (χ1v) is 10.5. The summed E-state index contributed by atoms with van der Waals surface area (Å²) in [5.74, 6) is 0.586. The van der Waals surface area contributed by atoms with E-state index >= 15 is 0 Å². The highest BCUT2D eigenvalue weighted by atomic mass is 16.5. The first kappa shape index (κ1) is 21.7. The van der Waals surface area contributed by atoms with Crippen molar-refractivity contribution < 1.29 is 4.74 Å². The summed E-state index contributed by atoms with van der Waals surface area (Å²) in [7, 11) is 0. The summed E-state index contributed by atoms with van der Waals surface area (Å²) < 4.78 is 6.76. The van der Waals surface area contributed by atoms with Crippen molar-refractivity contribution in [3.63, 3.8) is 0 Å². The SMILES string of the molecule is CCCCCCCC[C@H](C(C)(C)C)C(C)(C)OC1(C)C=CCCC1. The minimum absolute atomic E-state index is 0.0770. The van der Waals surface area contributed by atoms with Crippen LogP contribution in [-0.2, 0) is 4.74 Å². The highest BCUT2D eigenvalue weighted by Gasteiger charge is 2.42. The summed E-state index contributed by atoms with van der Waals surface area (Å²) in [6, 6.07) is 0. The van der Waals surface area contributed by atoms with Crippen molar-refractivity contribution in [3.05, 3.63) is 12.2 Å². The van der Waals surface area contributed by atoms with Gasteiger partial charge in [0.2, 0.25) is 0 Å². The van der Waals surface area contributed by atoms with Gasteiger partial charge in [-0.15, -0.1) is 0 Å². The molecule has 1 unspecified atom stereocenters. The molecule has 0 aliphatic heterocycles. The van der Waals surface area contributed by atoms with Crippen LogP contribution in [0.15, 0.2) is 12.2 Å². The Morgan fingerprint density at radius 3 is 2.17 bits per heavy atom. The van der Waals surface area contributed by atoms with E-state index in [2.05, 4.69) is 60.6 Å². The number of hydrogen-bond acceptors (Lipinski definition) is 1. The van der Waals surface area contributed by atoms with Gasteiger partial charge in [-0.3, -0.25) is 0 Å². The maximum atomic E-state index is 6.76. The lowest BCUT2D eigenvalue weighted by atomic mass is 9.69. The van der Waals surface area contributed by atoms with Gasteiger partial charge in [0.05, 0.1) is 11.2 Å². The molecule has 0 aromatic rings. The molecule has 0 bridgehead atoms. The van der Waals surface area contributed by atoms with Crippen molar-refractivity contribution in [3.8, 4) is 0 Å². The zero-order chi connectivity index (χ0) is 18.3. The van der Waals surface area contributed by atoms with Crippen molar-refractivity contribution in [2.45, 2.75) is 124 Å². The maximum Gasteiger partial charge on any atom is 0.0841 e. The third-order valence-electron chi connectivity index (χ3n) is 5.74. The van der Waals surface area contributed by atoms with E-state index < -0.39 is 0 Å². The van der Waals surface area contributed by atoms with Crippen LogP contribution in [0.3, 0.4) is 0 Å². The molecule has 0 N–H and O–H groups in total. The van der Waals surface area contributed by atoms with Gasteiger partial charge in [0.1, 0.15) is 0 Å². The normalized spacial score (nSPS) is 23.5. The summed E-state index contributed by atoms with van der Waals surface area (Å²) in [5.41, 5.74) is 0.117. The Kier molecular flexibility index (Phi) is 8.53. The van der Waals surface area contributed by atoms with Gasteiger partial charge in [-0.1, -0.05) is 78.4 Å². The molecule has 1 aliphatic rings. The second kappa shape index (κ2) is 9.41. The molecule has 1 nitrogen and oxygen atoms in total. The number of unbranched alkanes of at least 4 members (excludes halogenated alkanes) is 5. The van der Waals surface area contributed by atoms with Crippen LogP contribution in [0.4, 0.5) is 0 Å². The second-order valence-electron chi connectivity index (χ2n) is 9.79. The van der Waals surface area contributed by atoms with Gasteiger partial charge < -0.3 is 4.74 Å². The Morgan fingerprint density at radius 2 is 1.62 bits per heavy atom. The van der Waals surface area contributed by atoms with Crippen LogP contribution in [0, 0.1) is 11.3 Å². The lowest BCUT2D eigenvalue weighted by Gasteiger charge is -2.47. The third-order valence-corrected chi connectivity index (χ3v) is 5.74. The molecule has 0 aromatic carbocycles. The molecule has 0 saturated carbocycles. The highest BCUT2D eigenvalue weighted by molar-refractivity contribution is 5.05. The number of hydrogen-bond donors (Lipinski definition) is 0. The molecule has 1 rings (SSSR count). The van der Waals surface area contributed by atoms with E-state index in [1.54, 1.807) is 0 Å². The molecule has 0 amide bonds. The fourth-order valence-corrected chi connectivity index (χ4v) is 4.70. The topological polar surface area (TPSA) is 9.23 Å². The van der Waals surface area contributed by atoms with Crippen molar-refractivity contribution in [1.82, 2.24) is 0 Å². The predicted molar refractivity (Wildman–Crippen MR) is 107 cm³/mol. The monoisotopic (exact) mass is 336 g/mol. The van der Waals surface area contributed by atoms with E-state index in [0.29, 0.717) is 5.92 Å². The van der Waals surface area contributed by atoms with Crippen LogP contribution in [-0.4, -0.2) is 11.2 Å². The largest absolute Gasteiger partial charge is 0.365 e. The molecule has 1 aliphatic carbocycles. The molecular formula is C23H44O. The van der Waals surface area contributed by atoms with Gasteiger partial charge in [-0.25, -0.2) is 0 Å². The Hall–Kier alpha value is -0.300. The minimum Gasteiger partial charge on any atom is -0.365 e. The van der Waals surface area contributed by atoms with Crippen molar-refractivity contribution in [2.75, 3.05) is 0 Å². The molecule has 0 heterocycles. The third kappa shape index (κ3) is 7.30. The summed E-state index contributed by atoms with van der Waals surface area (Å²) in [5, 5.41) is 0. The Bertz CT molecular complexity index is 374. The van der Waals surface area contributed by atoms with Gasteiger partial charge in [0.25, 0.3) is 0 Å². The molecule has 24 heavy (non-hydrogen) atoms. The second-order valence-corrected chi connectivity index (χ2v) is 9.79. The number of rotatable bonds is 10. The minimum atomic E-state index is -0.0852. The zero-order valence-electron chi connectivity index (χ0n) is 17.7. The Balaban J connectivity index is 2.64. The highest BCUT2D eigenvalue weighted by Crippen LogP contribution is 2.43. The first-order chi connectivity index (χ1) is 11.1. The standard InChI is InChI=1S/C23H44O/c1-8-9-10-11-12-14-17-20(21(2,3)4)22(5,6)24-23(7)18-15-13-16-19-23/h15,18,20H,8-14,16-17,19H2,1-7H3/t20-,23?/m1/s1. The molecule has 1 heteroatoms. The van der Waals surface area contributed by atoms with Crippen LogP contribution in [0.1, 0.15) is 113 Å². The van der Waals surface area contributed by atoms with Crippen LogP contribution in [0.2, 0.25) is 0 Å². The van der Waals surface area contributed by atoms with E-state index in [9.17, 15) is 0 Å². The number of ether oxygens (including phenoxy) is 1. The summed E-state index contributed by atoms with van der Waals surface area (Å²) >= 11 is 0. The van der Waals surface area contributed by atoms with E-state index in [-0.39, 0.29) is 16.6 Å². The van der Waals surface area contributed by atoms with Crippen LogP contribution < -0.4 is 0 Å². The fraction of sp³-hybridized carbons (Fsp3) is 0.913. The predicted octanol–water partition coefficient (Wildman–Crippen LogP) is 7.69. The average molecular weight is 337 g/mol. The molecule has 0 radical (unpaired) electrons. The van der Waals surface area contributed by atoms with E-state index in [1.165, 1.54) is 57.8 Å². The Labute approximate surface area is 152 Å². The molecule has 0 spiro atoms. The molecular weight excluding hydrogens is 292 g/mol. The summed E-state index contributed by atoms with van der Waals surface area (Å²) in [6.07, 6.45) is 17.7. The van der Waals surface area contributed by atoms with Gasteiger partial charge in [-0.2, -0.15) is 0 Å². The molecule has 142 valence electrons. The van der Waals surface area contributed by atoms with Crippen LogP contribution in [0.5, 0.6) is 0 Å². The molecule has 0 aromatic heterocycles. The lowest BCUT2D eigenvalue weighted by Crippen LogP contribution is -2.47. The smallest absolute Gasteiger partial charge is 0.0841 e. The molecule has 0 fully saturated rings. The fourth-order valence-electron chi connectivity index (χ4n) is 4.70. The quantitative estimate of drug-likeness (QED) is 0.293. The van der Waals surface area contributed by atoms with Gasteiger partial charge in [0, 0.05) is 0 Å². The van der Waals surface area contributed by atoms with Crippen molar-refractivity contribution >= 4 is 0 Å². The van der Waals surface area contributed by atoms with Gasteiger partial charge in [0.15, 0.2) is 0 Å².